The minimum atomic E-state index is 0.719. The molecule has 0 bridgehead atoms. The predicted octanol–water partition coefficient (Wildman–Crippen LogP) is 5.31. The van der Waals surface area contributed by atoms with Gasteiger partial charge in [0, 0.05) is 42.2 Å². The zero-order valence-corrected chi connectivity index (χ0v) is 17.4. The highest BCUT2D eigenvalue weighted by atomic mass is 16.5. The molecular formula is C23H33NO3. The summed E-state index contributed by atoms with van der Waals surface area (Å²) in [5.41, 5.74) is 3.78. The first kappa shape index (κ1) is 24.4. The third-order valence-corrected chi connectivity index (χ3v) is 3.74. The van der Waals surface area contributed by atoms with Crippen molar-refractivity contribution >= 4 is 6.29 Å². The number of hydrogen-bond acceptors (Lipinski definition) is 3. The van der Waals surface area contributed by atoms with Gasteiger partial charge in [0.1, 0.15) is 5.75 Å². The maximum Gasteiger partial charge on any atom is 0.151 e. The molecule has 0 saturated heterocycles. The summed E-state index contributed by atoms with van der Waals surface area (Å²) in [6, 6.07) is 9.81. The van der Waals surface area contributed by atoms with Gasteiger partial charge in [0.25, 0.3) is 0 Å². The number of aliphatic hydroxyl groups excluding tert-OH is 1. The number of allylic oxidation sites excluding steroid dienone is 4. The topological polar surface area (TPSA) is 51.5 Å². The molecule has 1 N–H and O–H groups in total. The molecule has 4 nitrogen and oxygen atoms in total. The number of nitrogens with zero attached hydrogens (tertiary/aromatic N) is 1. The first-order valence-electron chi connectivity index (χ1n) is 9.23. The lowest BCUT2D eigenvalue weighted by molar-refractivity contribution is 0.112. The van der Waals surface area contributed by atoms with Crippen LogP contribution in [0.4, 0.5) is 0 Å². The van der Waals surface area contributed by atoms with Crippen LogP contribution in [0, 0.1) is 6.92 Å². The summed E-state index contributed by atoms with van der Waals surface area (Å²) >= 11 is 0. The Bertz CT molecular complexity index is 727. The Morgan fingerprint density at radius 2 is 1.81 bits per heavy atom. The average molecular weight is 372 g/mol. The third kappa shape index (κ3) is 7.27. The quantitative estimate of drug-likeness (QED) is 0.530. The smallest absolute Gasteiger partial charge is 0.151 e. The minimum Gasteiger partial charge on any atom is -0.497 e. The second-order valence-electron chi connectivity index (χ2n) is 5.32. The predicted molar refractivity (Wildman–Crippen MR) is 114 cm³/mol. The van der Waals surface area contributed by atoms with E-state index in [1.807, 2.05) is 64.1 Å². The molecule has 1 aromatic heterocycles. The Kier molecular flexibility index (Phi) is 13.2. The van der Waals surface area contributed by atoms with Crippen LogP contribution in [0.2, 0.25) is 0 Å². The Morgan fingerprint density at radius 3 is 2.41 bits per heavy atom. The standard InChI is InChI=1S/C20H23NO2.C2H6.CH4O/c1-4-5-6-7-8-12-20-17(15-22)13-16(2)21(20)18-10-9-11-19(14-18)23-3;2*1-2/h4-5,7-11,13-15H,6,12H2,1-3H3;1-2H3;2H,1H3/b5-4-,8-7-;;. The lowest BCUT2D eigenvalue weighted by Crippen LogP contribution is -2.03. The monoisotopic (exact) mass is 371 g/mol. The van der Waals surface area contributed by atoms with Crippen LogP contribution in [-0.4, -0.2) is 30.2 Å². The van der Waals surface area contributed by atoms with Crippen molar-refractivity contribution in [3.8, 4) is 11.4 Å². The third-order valence-electron chi connectivity index (χ3n) is 3.74. The number of rotatable bonds is 7. The highest BCUT2D eigenvalue weighted by molar-refractivity contribution is 5.78. The van der Waals surface area contributed by atoms with Crippen molar-refractivity contribution < 1.29 is 14.6 Å². The van der Waals surface area contributed by atoms with E-state index in [-0.39, 0.29) is 0 Å². The second kappa shape index (κ2) is 14.6. The zero-order valence-electron chi connectivity index (χ0n) is 17.4. The molecule has 27 heavy (non-hydrogen) atoms. The molecule has 0 saturated carbocycles. The van der Waals surface area contributed by atoms with Gasteiger partial charge in [0.15, 0.2) is 6.29 Å². The van der Waals surface area contributed by atoms with Crippen molar-refractivity contribution in [2.24, 2.45) is 0 Å². The highest BCUT2D eigenvalue weighted by Gasteiger charge is 2.13. The minimum absolute atomic E-state index is 0.719. The highest BCUT2D eigenvalue weighted by Crippen LogP contribution is 2.24. The van der Waals surface area contributed by atoms with Crippen molar-refractivity contribution in [1.29, 1.82) is 0 Å². The molecule has 1 heterocycles. The zero-order chi connectivity index (χ0) is 20.7. The molecule has 0 fully saturated rings. The molecule has 0 aliphatic rings. The summed E-state index contributed by atoms with van der Waals surface area (Å²) in [6.07, 6.45) is 10.9. The van der Waals surface area contributed by atoms with Gasteiger partial charge >= 0.3 is 0 Å². The summed E-state index contributed by atoms with van der Waals surface area (Å²) in [4.78, 5) is 11.4. The number of methoxy groups -OCH3 is 1. The van der Waals surface area contributed by atoms with Gasteiger partial charge in [-0.25, -0.2) is 0 Å². The molecule has 0 radical (unpaired) electrons. The molecule has 1 aromatic carbocycles. The summed E-state index contributed by atoms with van der Waals surface area (Å²) < 4.78 is 7.43. The number of hydrogen-bond donors (Lipinski definition) is 1. The molecule has 2 rings (SSSR count). The van der Waals surface area contributed by atoms with Crippen LogP contribution in [0.5, 0.6) is 5.75 Å². The van der Waals surface area contributed by atoms with Crippen LogP contribution in [-0.2, 0) is 6.42 Å². The van der Waals surface area contributed by atoms with E-state index >= 15 is 0 Å². The number of ether oxygens (including phenoxy) is 1. The molecule has 148 valence electrons. The van der Waals surface area contributed by atoms with Crippen molar-refractivity contribution in [2.75, 3.05) is 14.2 Å². The Labute approximate surface area is 163 Å². The van der Waals surface area contributed by atoms with E-state index in [4.69, 9.17) is 9.84 Å². The molecule has 0 aliphatic carbocycles. The average Bonchev–Trinajstić information content (AvgIpc) is 3.06. The van der Waals surface area contributed by atoms with Gasteiger partial charge in [-0.2, -0.15) is 0 Å². The maximum atomic E-state index is 11.4. The van der Waals surface area contributed by atoms with E-state index in [0.717, 1.165) is 54.6 Å². The molecule has 2 aromatic rings. The Morgan fingerprint density at radius 1 is 1.11 bits per heavy atom. The van der Waals surface area contributed by atoms with E-state index in [1.54, 1.807) is 7.11 Å². The SMILES string of the molecule is C/C=C\C/C=C\Cc1c(C=O)cc(C)n1-c1cccc(OC)c1.CC.CO. The van der Waals surface area contributed by atoms with Gasteiger partial charge in [-0.05, 0) is 38.5 Å². The largest absolute Gasteiger partial charge is 0.497 e. The van der Waals surface area contributed by atoms with Gasteiger partial charge in [-0.1, -0.05) is 44.2 Å². The fourth-order valence-electron chi connectivity index (χ4n) is 2.64. The molecular weight excluding hydrogens is 338 g/mol. The molecule has 0 atom stereocenters. The fourth-order valence-corrected chi connectivity index (χ4v) is 2.64. The number of aliphatic hydroxyl groups is 1. The second-order valence-corrected chi connectivity index (χ2v) is 5.32. The van der Waals surface area contributed by atoms with Gasteiger partial charge in [0.2, 0.25) is 0 Å². The first-order valence-corrected chi connectivity index (χ1v) is 9.23. The lowest BCUT2D eigenvalue weighted by Gasteiger charge is -2.12. The summed E-state index contributed by atoms with van der Waals surface area (Å²) in [5.74, 6) is 0.804. The van der Waals surface area contributed by atoms with Crippen molar-refractivity contribution in [3.05, 3.63) is 71.6 Å². The van der Waals surface area contributed by atoms with Crippen molar-refractivity contribution in [1.82, 2.24) is 4.57 Å². The van der Waals surface area contributed by atoms with E-state index in [9.17, 15) is 4.79 Å². The van der Waals surface area contributed by atoms with Crippen molar-refractivity contribution in [3.63, 3.8) is 0 Å². The van der Waals surface area contributed by atoms with Gasteiger partial charge in [0.05, 0.1) is 7.11 Å². The van der Waals surface area contributed by atoms with Crippen LogP contribution in [0.25, 0.3) is 5.69 Å². The van der Waals surface area contributed by atoms with Crippen LogP contribution in [0.3, 0.4) is 0 Å². The normalized spacial score (nSPS) is 10.2. The first-order chi connectivity index (χ1) is 13.2. The summed E-state index contributed by atoms with van der Waals surface area (Å²) in [5, 5.41) is 7.00. The van der Waals surface area contributed by atoms with Gasteiger partial charge in [-0.3, -0.25) is 4.79 Å². The van der Waals surface area contributed by atoms with Gasteiger partial charge < -0.3 is 14.4 Å². The molecule has 4 heteroatoms. The molecule has 0 aliphatic heterocycles. The number of aromatic nitrogens is 1. The summed E-state index contributed by atoms with van der Waals surface area (Å²) in [6.45, 7) is 8.02. The van der Waals surface area contributed by atoms with E-state index in [0.29, 0.717) is 0 Å². The number of benzene rings is 1. The molecule has 0 amide bonds. The van der Waals surface area contributed by atoms with E-state index < -0.39 is 0 Å². The van der Waals surface area contributed by atoms with Crippen LogP contribution in [0.15, 0.2) is 54.6 Å². The maximum absolute atomic E-state index is 11.4. The number of carbonyl (C=O) groups is 1. The number of aldehydes is 1. The van der Waals surface area contributed by atoms with Crippen LogP contribution < -0.4 is 4.74 Å². The summed E-state index contributed by atoms with van der Waals surface area (Å²) in [7, 11) is 2.66. The van der Waals surface area contributed by atoms with E-state index in [2.05, 4.69) is 22.8 Å². The van der Waals surface area contributed by atoms with Crippen LogP contribution in [0.1, 0.15) is 48.9 Å². The molecule has 0 unspecified atom stereocenters. The van der Waals surface area contributed by atoms with E-state index in [1.165, 1.54) is 0 Å². The Hall–Kier alpha value is -2.59. The molecule has 0 spiro atoms. The van der Waals surface area contributed by atoms with Crippen LogP contribution >= 0.6 is 0 Å². The fraction of sp³-hybridized carbons (Fsp3) is 0.348. The Balaban J connectivity index is 0.00000158. The van der Waals surface area contributed by atoms with Gasteiger partial charge in [-0.15, -0.1) is 0 Å². The lowest BCUT2D eigenvalue weighted by atomic mass is 10.2. The number of aryl methyl sites for hydroxylation is 1. The number of carbonyl (C=O) groups excluding carboxylic acids is 1. The van der Waals surface area contributed by atoms with Crippen molar-refractivity contribution in [2.45, 2.75) is 40.5 Å².